The van der Waals surface area contributed by atoms with Crippen LogP contribution in [-0.4, -0.2) is 35.0 Å². The first kappa shape index (κ1) is 14.9. The van der Waals surface area contributed by atoms with Gasteiger partial charge in [0.1, 0.15) is 11.5 Å². The summed E-state index contributed by atoms with van der Waals surface area (Å²) in [5, 5.41) is 3.32. The lowest BCUT2D eigenvalue weighted by molar-refractivity contribution is 0.230. The summed E-state index contributed by atoms with van der Waals surface area (Å²) < 4.78 is 6.34. The third-order valence-corrected chi connectivity index (χ3v) is 4.79. The highest BCUT2D eigenvalue weighted by Gasteiger charge is 2.27. The van der Waals surface area contributed by atoms with E-state index in [1.807, 2.05) is 0 Å². The van der Waals surface area contributed by atoms with Crippen LogP contribution < -0.4 is 5.32 Å². The molecule has 0 amide bonds. The van der Waals surface area contributed by atoms with Gasteiger partial charge in [0.25, 0.3) is 0 Å². The van der Waals surface area contributed by atoms with E-state index in [4.69, 9.17) is 4.42 Å². The highest BCUT2D eigenvalue weighted by Crippen LogP contribution is 2.30. The minimum Gasteiger partial charge on any atom is -0.463 e. The van der Waals surface area contributed by atoms with E-state index in [0.717, 1.165) is 44.2 Å². The van der Waals surface area contributed by atoms with Gasteiger partial charge in [0.05, 0.1) is 13.1 Å². The summed E-state index contributed by atoms with van der Waals surface area (Å²) >= 11 is 2.07. The van der Waals surface area contributed by atoms with Crippen LogP contribution in [0.5, 0.6) is 0 Å². The first-order valence-corrected chi connectivity index (χ1v) is 8.14. The van der Waals surface area contributed by atoms with E-state index in [1.165, 1.54) is 11.3 Å². The zero-order chi connectivity index (χ0) is 13.9. The second kappa shape index (κ2) is 6.33. The van der Waals surface area contributed by atoms with Gasteiger partial charge in [0.2, 0.25) is 0 Å². The van der Waals surface area contributed by atoms with Gasteiger partial charge >= 0.3 is 0 Å². The third-order valence-electron chi connectivity index (χ3n) is 3.49. The molecule has 1 aromatic heterocycles. The summed E-state index contributed by atoms with van der Waals surface area (Å²) in [7, 11) is 0. The van der Waals surface area contributed by atoms with Gasteiger partial charge in [-0.1, -0.05) is 6.92 Å². The van der Waals surface area contributed by atoms with Gasteiger partial charge in [0.15, 0.2) is 0 Å². The maximum Gasteiger partial charge on any atom is 0.120 e. The molecule has 108 valence electrons. The van der Waals surface area contributed by atoms with Gasteiger partial charge in [-0.25, -0.2) is 0 Å². The highest BCUT2D eigenvalue weighted by atomic mass is 32.2. The van der Waals surface area contributed by atoms with E-state index in [-0.39, 0.29) is 0 Å². The van der Waals surface area contributed by atoms with Gasteiger partial charge in [-0.3, -0.25) is 4.90 Å². The number of hydrogen-bond donors (Lipinski definition) is 1. The molecule has 3 nitrogen and oxygen atoms in total. The number of rotatable bonds is 5. The van der Waals surface area contributed by atoms with Crippen molar-refractivity contribution in [1.82, 2.24) is 10.2 Å². The maximum atomic E-state index is 5.98. The van der Waals surface area contributed by atoms with Crippen molar-refractivity contribution in [3.63, 3.8) is 0 Å². The zero-order valence-corrected chi connectivity index (χ0v) is 13.4. The molecular weight excluding hydrogens is 256 g/mol. The van der Waals surface area contributed by atoms with E-state index in [2.05, 4.69) is 55.7 Å². The number of nitrogens with zero attached hydrogens (tertiary/aromatic N) is 1. The summed E-state index contributed by atoms with van der Waals surface area (Å²) in [5.41, 5.74) is 1.27. The summed E-state index contributed by atoms with van der Waals surface area (Å²) in [5.74, 6) is 3.41. The average Bonchev–Trinajstić information content (AvgIpc) is 2.65. The molecule has 0 saturated carbocycles. The van der Waals surface area contributed by atoms with Gasteiger partial charge in [-0.15, -0.1) is 0 Å². The summed E-state index contributed by atoms with van der Waals surface area (Å²) in [6.45, 7) is 14.0. The van der Waals surface area contributed by atoms with Crippen molar-refractivity contribution in [1.29, 1.82) is 0 Å². The zero-order valence-electron chi connectivity index (χ0n) is 12.6. The van der Waals surface area contributed by atoms with Crippen LogP contribution in [0.4, 0.5) is 0 Å². The van der Waals surface area contributed by atoms with Gasteiger partial charge < -0.3 is 9.73 Å². The molecule has 19 heavy (non-hydrogen) atoms. The van der Waals surface area contributed by atoms with Crippen LogP contribution in [0, 0.1) is 6.92 Å². The lowest BCUT2D eigenvalue weighted by Crippen LogP contribution is -2.42. The first-order chi connectivity index (χ1) is 9.00. The molecule has 0 spiro atoms. The van der Waals surface area contributed by atoms with Crippen molar-refractivity contribution in [2.75, 3.05) is 25.4 Å². The van der Waals surface area contributed by atoms with Crippen LogP contribution >= 0.6 is 11.8 Å². The summed E-state index contributed by atoms with van der Waals surface area (Å²) in [6.07, 6.45) is 0. The molecule has 1 aliphatic heterocycles. The fraction of sp³-hybridized carbons (Fsp3) is 0.733. The molecule has 0 unspecified atom stereocenters. The lowest BCUT2D eigenvalue weighted by atomic mass is 10.2. The van der Waals surface area contributed by atoms with Crippen molar-refractivity contribution in [3.05, 3.63) is 23.2 Å². The standard InChI is InChI=1S/C15H26N2OS/c1-5-16-9-14-12(2)8-13(18-14)10-17-6-7-19-15(3,4)11-17/h8,16H,5-7,9-11H2,1-4H3. The molecule has 0 aliphatic carbocycles. The van der Waals surface area contributed by atoms with E-state index in [0.29, 0.717) is 4.75 Å². The Labute approximate surface area is 121 Å². The molecule has 1 fully saturated rings. The van der Waals surface area contributed by atoms with Gasteiger partial charge in [-0.2, -0.15) is 11.8 Å². The molecule has 0 aromatic carbocycles. The van der Waals surface area contributed by atoms with Crippen molar-refractivity contribution >= 4 is 11.8 Å². The molecule has 4 heteroatoms. The monoisotopic (exact) mass is 282 g/mol. The number of nitrogens with one attached hydrogen (secondary N) is 1. The van der Waals surface area contributed by atoms with Crippen LogP contribution in [0.15, 0.2) is 10.5 Å². The molecule has 2 rings (SSSR count). The predicted molar refractivity (Wildman–Crippen MR) is 82.6 cm³/mol. The number of aryl methyl sites for hydroxylation is 1. The maximum absolute atomic E-state index is 5.98. The molecule has 0 atom stereocenters. The molecule has 1 aromatic rings. The summed E-state index contributed by atoms with van der Waals surface area (Å²) in [6, 6.07) is 2.20. The van der Waals surface area contributed by atoms with E-state index in [9.17, 15) is 0 Å². The van der Waals surface area contributed by atoms with Crippen LogP contribution in [0.25, 0.3) is 0 Å². The second-order valence-corrected chi connectivity index (χ2v) is 7.72. The molecule has 0 radical (unpaired) electrons. The van der Waals surface area contributed by atoms with E-state index in [1.54, 1.807) is 0 Å². The lowest BCUT2D eigenvalue weighted by Gasteiger charge is -2.37. The Kier molecular flexibility index (Phi) is 4.98. The predicted octanol–water partition coefficient (Wildman–Crippen LogP) is 3.02. The molecule has 2 heterocycles. The minimum absolute atomic E-state index is 0.368. The summed E-state index contributed by atoms with van der Waals surface area (Å²) in [4.78, 5) is 2.51. The fourth-order valence-corrected chi connectivity index (χ4v) is 3.73. The molecule has 1 aliphatic rings. The fourth-order valence-electron chi connectivity index (χ4n) is 2.55. The Balaban J connectivity index is 1.95. The van der Waals surface area contributed by atoms with Crippen LogP contribution in [0.1, 0.15) is 37.9 Å². The van der Waals surface area contributed by atoms with E-state index >= 15 is 0 Å². The topological polar surface area (TPSA) is 28.4 Å². The Morgan fingerprint density at radius 1 is 1.47 bits per heavy atom. The minimum atomic E-state index is 0.368. The van der Waals surface area contributed by atoms with Crippen LogP contribution in [-0.2, 0) is 13.1 Å². The molecule has 1 N–H and O–H groups in total. The van der Waals surface area contributed by atoms with Crippen molar-refractivity contribution < 1.29 is 4.42 Å². The third kappa shape index (κ3) is 4.26. The van der Waals surface area contributed by atoms with Crippen LogP contribution in [0.3, 0.4) is 0 Å². The Morgan fingerprint density at radius 3 is 2.95 bits per heavy atom. The second-order valence-electron chi connectivity index (χ2n) is 5.92. The van der Waals surface area contributed by atoms with Crippen LogP contribution in [0.2, 0.25) is 0 Å². The normalized spacial score (nSPS) is 19.8. The Morgan fingerprint density at radius 2 is 2.26 bits per heavy atom. The quantitative estimate of drug-likeness (QED) is 0.898. The molecule has 1 saturated heterocycles. The highest BCUT2D eigenvalue weighted by molar-refractivity contribution is 8.00. The van der Waals surface area contributed by atoms with Crippen molar-refractivity contribution in [2.24, 2.45) is 0 Å². The largest absolute Gasteiger partial charge is 0.463 e. The number of thioether (sulfide) groups is 1. The first-order valence-electron chi connectivity index (χ1n) is 7.15. The molecule has 0 bridgehead atoms. The average molecular weight is 282 g/mol. The Hall–Kier alpha value is -0.450. The number of hydrogen-bond acceptors (Lipinski definition) is 4. The smallest absolute Gasteiger partial charge is 0.120 e. The SMILES string of the molecule is CCNCc1oc(CN2CCSC(C)(C)C2)cc1C. The number of furan rings is 1. The van der Waals surface area contributed by atoms with Crippen molar-refractivity contribution in [3.8, 4) is 0 Å². The van der Waals surface area contributed by atoms with E-state index < -0.39 is 0 Å². The Bertz CT molecular complexity index is 414. The van der Waals surface area contributed by atoms with Gasteiger partial charge in [-0.05, 0) is 38.9 Å². The molecular formula is C15H26N2OS. The van der Waals surface area contributed by atoms with Crippen molar-refractivity contribution in [2.45, 2.75) is 45.5 Å². The van der Waals surface area contributed by atoms with Gasteiger partial charge in [0, 0.05) is 23.6 Å².